The van der Waals surface area contributed by atoms with Crippen molar-refractivity contribution in [3.8, 4) is 16.9 Å². The van der Waals surface area contributed by atoms with Crippen molar-refractivity contribution < 1.29 is 9.53 Å². The molecule has 0 aliphatic carbocycles. The molecule has 0 fully saturated rings. The maximum absolute atomic E-state index is 11.7. The van der Waals surface area contributed by atoms with Crippen LogP contribution in [0.15, 0.2) is 36.5 Å². The smallest absolute Gasteiger partial charge is 0.163 e. The zero-order valence-electron chi connectivity index (χ0n) is 13.7. The summed E-state index contributed by atoms with van der Waals surface area (Å²) in [4.78, 5) is 16.0. The Morgan fingerprint density at radius 1 is 1.21 bits per heavy atom. The van der Waals surface area contributed by atoms with Gasteiger partial charge in [0.1, 0.15) is 5.75 Å². The van der Waals surface area contributed by atoms with Gasteiger partial charge in [0.25, 0.3) is 0 Å². The van der Waals surface area contributed by atoms with Crippen LogP contribution in [0.5, 0.6) is 5.75 Å². The number of aromatic nitrogens is 1. The van der Waals surface area contributed by atoms with Gasteiger partial charge in [-0.1, -0.05) is 17.7 Å². The normalized spacial score (nSPS) is 10.8. The van der Waals surface area contributed by atoms with Crippen molar-refractivity contribution in [1.82, 2.24) is 4.98 Å². The maximum Gasteiger partial charge on any atom is 0.163 e. The highest BCUT2D eigenvalue weighted by atomic mass is 35.5. The molecule has 0 spiro atoms. The van der Waals surface area contributed by atoms with Crippen molar-refractivity contribution in [1.29, 1.82) is 0 Å². The molecule has 24 heavy (non-hydrogen) atoms. The minimum absolute atomic E-state index is 0.104. The molecule has 5 heteroatoms. The molecule has 0 atom stereocenters. The average molecular weight is 341 g/mol. The van der Waals surface area contributed by atoms with E-state index < -0.39 is 0 Å². The van der Waals surface area contributed by atoms with E-state index in [1.165, 1.54) is 13.1 Å². The number of nitrogens with two attached hydrogens (primary N) is 1. The topological polar surface area (TPSA) is 65.2 Å². The highest BCUT2D eigenvalue weighted by molar-refractivity contribution is 6.31. The third-order valence-corrected chi connectivity index (χ3v) is 4.53. The van der Waals surface area contributed by atoms with Crippen LogP contribution in [0.1, 0.15) is 22.8 Å². The lowest BCUT2D eigenvalue weighted by Crippen LogP contribution is -2.01. The number of fused-ring (bicyclic) bond motifs is 1. The first-order chi connectivity index (χ1) is 11.4. The maximum atomic E-state index is 11.7. The van der Waals surface area contributed by atoms with Crippen LogP contribution in [-0.4, -0.2) is 17.9 Å². The molecule has 1 aromatic heterocycles. The molecule has 2 aromatic carbocycles. The number of benzene rings is 2. The summed E-state index contributed by atoms with van der Waals surface area (Å²) in [6, 6.07) is 9.57. The summed E-state index contributed by atoms with van der Waals surface area (Å²) in [6.07, 6.45) is 1.52. The largest absolute Gasteiger partial charge is 0.496 e. The van der Waals surface area contributed by atoms with Gasteiger partial charge in [-0.15, -0.1) is 0 Å². The molecular formula is C19H17ClN2O2. The molecule has 0 unspecified atom stereocenters. The molecule has 0 saturated carbocycles. The molecule has 3 aromatic rings. The second-order valence-corrected chi connectivity index (χ2v) is 6.07. The molecule has 122 valence electrons. The SMILES string of the molecule is COc1cc(-c2ccc3ncc(C(C)=O)c(N)c3c2)cc(Cl)c1C. The van der Waals surface area contributed by atoms with E-state index >= 15 is 0 Å². The van der Waals surface area contributed by atoms with Crippen molar-refractivity contribution in [2.75, 3.05) is 12.8 Å². The number of methoxy groups -OCH3 is 1. The van der Waals surface area contributed by atoms with E-state index in [4.69, 9.17) is 22.1 Å². The number of carbonyl (C=O) groups excluding carboxylic acids is 1. The summed E-state index contributed by atoms with van der Waals surface area (Å²) < 4.78 is 5.38. The number of Topliss-reactive ketones (excluding diaryl/α,β-unsaturated/α-hetero) is 1. The summed E-state index contributed by atoms with van der Waals surface area (Å²) in [5, 5.41) is 1.38. The predicted molar refractivity (Wildman–Crippen MR) is 97.9 cm³/mol. The number of hydrogen-bond donors (Lipinski definition) is 1. The van der Waals surface area contributed by atoms with Crippen molar-refractivity contribution in [3.63, 3.8) is 0 Å². The Hall–Kier alpha value is -2.59. The molecule has 4 nitrogen and oxygen atoms in total. The fourth-order valence-corrected chi connectivity index (χ4v) is 2.92. The predicted octanol–water partition coefficient (Wildman–Crippen LogP) is 4.66. The third kappa shape index (κ3) is 2.69. The molecular weight excluding hydrogens is 324 g/mol. The highest BCUT2D eigenvalue weighted by Crippen LogP contribution is 2.35. The molecule has 0 aliphatic rings. The standard InChI is InChI=1S/C19H17ClN2O2/c1-10-16(20)7-13(8-18(10)24-3)12-4-5-17-14(6-12)19(21)15(9-22-17)11(2)23/h4-9H,1-3H3,(H2,21,22). The van der Waals surface area contributed by atoms with Crippen LogP contribution >= 0.6 is 11.6 Å². The molecule has 2 N–H and O–H groups in total. The van der Waals surface area contributed by atoms with Gasteiger partial charge < -0.3 is 10.5 Å². The van der Waals surface area contributed by atoms with E-state index in [0.717, 1.165) is 33.3 Å². The Morgan fingerprint density at radius 3 is 2.62 bits per heavy atom. The molecule has 0 amide bonds. The lowest BCUT2D eigenvalue weighted by Gasteiger charge is -2.12. The number of rotatable bonds is 3. The Bertz CT molecular complexity index is 967. The van der Waals surface area contributed by atoms with Crippen molar-refractivity contribution in [2.45, 2.75) is 13.8 Å². The first-order valence-corrected chi connectivity index (χ1v) is 7.84. The summed E-state index contributed by atoms with van der Waals surface area (Å²) in [7, 11) is 1.61. The summed E-state index contributed by atoms with van der Waals surface area (Å²) in [5.74, 6) is 0.619. The number of pyridine rings is 1. The number of ether oxygens (including phenoxy) is 1. The Labute approximate surface area is 145 Å². The number of halogens is 1. The summed E-state index contributed by atoms with van der Waals surface area (Å²) >= 11 is 6.30. The number of carbonyl (C=O) groups is 1. The number of nitrogens with zero attached hydrogens (tertiary/aromatic N) is 1. The molecule has 3 rings (SSSR count). The van der Waals surface area contributed by atoms with Crippen LogP contribution < -0.4 is 10.5 Å². The van der Waals surface area contributed by atoms with Gasteiger partial charge in [0.05, 0.1) is 23.9 Å². The third-order valence-electron chi connectivity index (χ3n) is 4.14. The van der Waals surface area contributed by atoms with Gasteiger partial charge >= 0.3 is 0 Å². The highest BCUT2D eigenvalue weighted by Gasteiger charge is 2.12. The van der Waals surface area contributed by atoms with Gasteiger partial charge in [0.2, 0.25) is 0 Å². The van der Waals surface area contributed by atoms with Crippen LogP contribution in [0.25, 0.3) is 22.0 Å². The first kappa shape index (κ1) is 16.3. The van der Waals surface area contributed by atoms with E-state index in [1.54, 1.807) is 7.11 Å². The number of nitrogen functional groups attached to an aromatic ring is 1. The van der Waals surface area contributed by atoms with Gasteiger partial charge in [-0.3, -0.25) is 9.78 Å². The molecule has 0 saturated heterocycles. The summed E-state index contributed by atoms with van der Waals surface area (Å²) in [6.45, 7) is 3.39. The van der Waals surface area contributed by atoms with Gasteiger partial charge in [0.15, 0.2) is 5.78 Å². The fraction of sp³-hybridized carbons (Fsp3) is 0.158. The summed E-state index contributed by atoms with van der Waals surface area (Å²) in [5.41, 5.74) is 10.5. The number of hydrogen-bond acceptors (Lipinski definition) is 4. The Balaban J connectivity index is 2.23. The van der Waals surface area contributed by atoms with E-state index in [1.807, 2.05) is 37.3 Å². The van der Waals surface area contributed by atoms with Gasteiger partial charge in [-0.2, -0.15) is 0 Å². The van der Waals surface area contributed by atoms with E-state index in [0.29, 0.717) is 16.3 Å². The fourth-order valence-electron chi connectivity index (χ4n) is 2.71. The quantitative estimate of drug-likeness (QED) is 0.704. The molecule has 0 bridgehead atoms. The molecule has 1 heterocycles. The van der Waals surface area contributed by atoms with Crippen LogP contribution in [0.3, 0.4) is 0 Å². The zero-order chi connectivity index (χ0) is 17.4. The van der Waals surface area contributed by atoms with Crippen LogP contribution in [0.4, 0.5) is 5.69 Å². The lowest BCUT2D eigenvalue weighted by molar-refractivity contribution is 0.101. The average Bonchev–Trinajstić information content (AvgIpc) is 2.57. The van der Waals surface area contributed by atoms with Crippen molar-refractivity contribution >= 4 is 34.0 Å². The van der Waals surface area contributed by atoms with E-state index in [-0.39, 0.29) is 5.78 Å². The first-order valence-electron chi connectivity index (χ1n) is 7.46. The lowest BCUT2D eigenvalue weighted by atomic mass is 9.99. The number of ketones is 1. The second-order valence-electron chi connectivity index (χ2n) is 5.66. The van der Waals surface area contributed by atoms with Crippen LogP contribution in [-0.2, 0) is 0 Å². The van der Waals surface area contributed by atoms with Gasteiger partial charge in [-0.25, -0.2) is 0 Å². The van der Waals surface area contributed by atoms with E-state index in [2.05, 4.69) is 4.98 Å². The van der Waals surface area contributed by atoms with Crippen molar-refractivity contribution in [2.24, 2.45) is 0 Å². The van der Waals surface area contributed by atoms with E-state index in [9.17, 15) is 4.79 Å². The Kier molecular flexibility index (Phi) is 4.16. The minimum Gasteiger partial charge on any atom is -0.496 e. The zero-order valence-corrected chi connectivity index (χ0v) is 14.4. The monoisotopic (exact) mass is 340 g/mol. The van der Waals surface area contributed by atoms with Crippen LogP contribution in [0.2, 0.25) is 5.02 Å². The minimum atomic E-state index is -0.104. The number of anilines is 1. The Morgan fingerprint density at radius 2 is 1.96 bits per heavy atom. The van der Waals surface area contributed by atoms with Gasteiger partial charge in [-0.05, 0) is 49.2 Å². The molecule has 0 radical (unpaired) electrons. The van der Waals surface area contributed by atoms with Gasteiger partial charge in [0, 0.05) is 22.2 Å². The molecule has 0 aliphatic heterocycles. The van der Waals surface area contributed by atoms with Crippen LogP contribution in [0, 0.1) is 6.92 Å². The second kappa shape index (κ2) is 6.13. The van der Waals surface area contributed by atoms with Crippen molar-refractivity contribution in [3.05, 3.63) is 52.7 Å².